The Bertz CT molecular complexity index is 1170. The third-order valence-electron chi connectivity index (χ3n) is 4.72. The molecule has 7 nitrogen and oxygen atoms in total. The standard InChI is InChI=1S/C24H25ClFN3O4/c1-24(2,3)33-23(31)28(4)13-22-27-12-20(29(22)5)15-6-8-17(9-7-15)32-21-11-16(25)10-19(26)18(21)14-30/h6-12,14H,13H2,1-5H3. The second-order valence-electron chi connectivity index (χ2n) is 8.50. The van der Waals surface area contributed by atoms with Crippen molar-refractivity contribution in [1.29, 1.82) is 0 Å². The lowest BCUT2D eigenvalue weighted by Crippen LogP contribution is -2.34. The van der Waals surface area contributed by atoms with Crippen LogP contribution in [0.1, 0.15) is 37.0 Å². The zero-order chi connectivity index (χ0) is 24.3. The fraction of sp³-hybridized carbons (Fsp3) is 0.292. The highest BCUT2D eigenvalue weighted by atomic mass is 35.5. The monoisotopic (exact) mass is 473 g/mol. The van der Waals surface area contributed by atoms with Crippen LogP contribution in [-0.2, 0) is 18.3 Å². The summed E-state index contributed by atoms with van der Waals surface area (Å²) in [6.07, 6.45) is 1.67. The second-order valence-corrected chi connectivity index (χ2v) is 8.94. The van der Waals surface area contributed by atoms with E-state index in [-0.39, 0.29) is 22.9 Å². The molecule has 0 N–H and O–H groups in total. The largest absolute Gasteiger partial charge is 0.456 e. The number of aldehydes is 1. The summed E-state index contributed by atoms with van der Waals surface area (Å²) in [6, 6.07) is 9.47. The van der Waals surface area contributed by atoms with Crippen molar-refractivity contribution in [3.8, 4) is 22.8 Å². The highest BCUT2D eigenvalue weighted by molar-refractivity contribution is 6.30. The van der Waals surface area contributed by atoms with E-state index in [1.165, 1.54) is 11.0 Å². The van der Waals surface area contributed by atoms with Crippen molar-refractivity contribution in [2.45, 2.75) is 32.9 Å². The van der Waals surface area contributed by atoms with E-state index >= 15 is 0 Å². The van der Waals surface area contributed by atoms with Gasteiger partial charge in [0.1, 0.15) is 28.7 Å². The zero-order valence-corrected chi connectivity index (χ0v) is 19.8. The van der Waals surface area contributed by atoms with Crippen molar-refractivity contribution in [3.63, 3.8) is 0 Å². The number of aromatic nitrogens is 2. The molecule has 1 aromatic heterocycles. The highest BCUT2D eigenvalue weighted by Crippen LogP contribution is 2.31. The van der Waals surface area contributed by atoms with Gasteiger partial charge in [0.15, 0.2) is 6.29 Å². The normalized spacial score (nSPS) is 11.2. The number of benzene rings is 2. The van der Waals surface area contributed by atoms with E-state index in [1.807, 2.05) is 44.5 Å². The molecule has 0 fully saturated rings. The summed E-state index contributed by atoms with van der Waals surface area (Å²) in [5.74, 6) is 0.387. The Morgan fingerprint density at radius 1 is 1.24 bits per heavy atom. The van der Waals surface area contributed by atoms with E-state index in [2.05, 4.69) is 4.98 Å². The number of rotatable bonds is 6. The predicted molar refractivity (Wildman–Crippen MR) is 123 cm³/mol. The lowest BCUT2D eigenvalue weighted by molar-refractivity contribution is 0.0279. The van der Waals surface area contributed by atoms with Crippen LogP contribution < -0.4 is 4.74 Å². The number of carbonyl (C=O) groups excluding carboxylic acids is 2. The third kappa shape index (κ3) is 5.90. The van der Waals surface area contributed by atoms with Crippen molar-refractivity contribution in [2.75, 3.05) is 7.05 Å². The first-order chi connectivity index (χ1) is 15.5. The maximum atomic E-state index is 13.9. The maximum Gasteiger partial charge on any atom is 0.410 e. The van der Waals surface area contributed by atoms with Crippen molar-refractivity contribution in [1.82, 2.24) is 14.5 Å². The van der Waals surface area contributed by atoms with E-state index < -0.39 is 17.5 Å². The molecule has 1 amide bonds. The first-order valence-electron chi connectivity index (χ1n) is 10.2. The van der Waals surface area contributed by atoms with Crippen LogP contribution in [0.3, 0.4) is 0 Å². The Morgan fingerprint density at radius 2 is 1.91 bits per heavy atom. The molecule has 0 bridgehead atoms. The van der Waals surface area contributed by atoms with E-state index in [9.17, 15) is 14.0 Å². The van der Waals surface area contributed by atoms with Crippen molar-refractivity contribution >= 4 is 24.0 Å². The van der Waals surface area contributed by atoms with Crippen LogP contribution in [0, 0.1) is 5.82 Å². The van der Waals surface area contributed by atoms with Gasteiger partial charge in [-0.05, 0) is 51.1 Å². The highest BCUT2D eigenvalue weighted by Gasteiger charge is 2.21. The summed E-state index contributed by atoms with van der Waals surface area (Å²) in [4.78, 5) is 29.3. The van der Waals surface area contributed by atoms with E-state index in [0.29, 0.717) is 17.9 Å². The number of amides is 1. The van der Waals surface area contributed by atoms with Crippen molar-refractivity contribution in [3.05, 3.63) is 64.8 Å². The number of nitrogens with zero attached hydrogens (tertiary/aromatic N) is 3. The van der Waals surface area contributed by atoms with Gasteiger partial charge in [-0.1, -0.05) is 11.6 Å². The van der Waals surface area contributed by atoms with Gasteiger partial charge in [-0.15, -0.1) is 0 Å². The molecule has 33 heavy (non-hydrogen) atoms. The molecule has 3 aromatic rings. The maximum absolute atomic E-state index is 13.9. The Labute approximate surface area is 196 Å². The minimum absolute atomic E-state index is 0.0377. The van der Waals surface area contributed by atoms with E-state index in [1.54, 1.807) is 25.4 Å². The quantitative estimate of drug-likeness (QED) is 0.420. The molecule has 0 aliphatic rings. The summed E-state index contributed by atoms with van der Waals surface area (Å²) in [6.45, 7) is 5.72. The molecule has 0 spiro atoms. The molecule has 0 aliphatic heterocycles. The average Bonchev–Trinajstić information content (AvgIpc) is 3.07. The van der Waals surface area contributed by atoms with Crippen LogP contribution in [0.4, 0.5) is 9.18 Å². The van der Waals surface area contributed by atoms with Crippen LogP contribution in [0.5, 0.6) is 11.5 Å². The lowest BCUT2D eigenvalue weighted by atomic mass is 10.1. The first-order valence-corrected chi connectivity index (χ1v) is 10.5. The van der Waals surface area contributed by atoms with Gasteiger partial charge in [-0.3, -0.25) is 4.79 Å². The number of ether oxygens (including phenoxy) is 2. The van der Waals surface area contributed by atoms with Gasteiger partial charge in [0.05, 0.1) is 24.0 Å². The van der Waals surface area contributed by atoms with Crippen LogP contribution in [-0.4, -0.2) is 39.5 Å². The van der Waals surface area contributed by atoms with Gasteiger partial charge < -0.3 is 18.9 Å². The van der Waals surface area contributed by atoms with Crippen molar-refractivity contribution < 1.29 is 23.5 Å². The summed E-state index contributed by atoms with van der Waals surface area (Å²) in [5, 5.41) is 0.128. The first kappa shape index (κ1) is 24.3. The lowest BCUT2D eigenvalue weighted by Gasteiger charge is -2.24. The molecule has 0 radical (unpaired) electrons. The van der Waals surface area contributed by atoms with E-state index in [4.69, 9.17) is 21.1 Å². The van der Waals surface area contributed by atoms with Gasteiger partial charge >= 0.3 is 6.09 Å². The molecule has 174 valence electrons. The number of imidazole rings is 1. The summed E-state index contributed by atoms with van der Waals surface area (Å²) < 4.78 is 26.9. The fourth-order valence-corrected chi connectivity index (χ4v) is 3.26. The number of hydrogen-bond donors (Lipinski definition) is 0. The van der Waals surface area contributed by atoms with Crippen LogP contribution in [0.15, 0.2) is 42.6 Å². The Kier molecular flexibility index (Phi) is 7.07. The molecule has 0 unspecified atom stereocenters. The average molecular weight is 474 g/mol. The zero-order valence-electron chi connectivity index (χ0n) is 19.1. The topological polar surface area (TPSA) is 73.7 Å². The molecule has 0 saturated heterocycles. The molecule has 0 aliphatic carbocycles. The smallest absolute Gasteiger partial charge is 0.410 e. The number of carbonyl (C=O) groups is 2. The molecule has 0 atom stereocenters. The Balaban J connectivity index is 1.75. The Hall–Kier alpha value is -3.39. The van der Waals surface area contributed by atoms with Crippen LogP contribution in [0.25, 0.3) is 11.3 Å². The fourth-order valence-electron chi connectivity index (χ4n) is 3.06. The van der Waals surface area contributed by atoms with Gasteiger partial charge in [0, 0.05) is 30.7 Å². The minimum Gasteiger partial charge on any atom is -0.456 e. The van der Waals surface area contributed by atoms with Gasteiger partial charge in [0.2, 0.25) is 0 Å². The second kappa shape index (κ2) is 9.62. The molecule has 9 heteroatoms. The predicted octanol–water partition coefficient (Wildman–Crippen LogP) is 5.85. The van der Waals surface area contributed by atoms with Gasteiger partial charge in [-0.2, -0.15) is 0 Å². The van der Waals surface area contributed by atoms with E-state index in [0.717, 1.165) is 17.3 Å². The summed E-state index contributed by atoms with van der Waals surface area (Å²) >= 11 is 5.88. The Morgan fingerprint density at radius 3 is 2.52 bits per heavy atom. The van der Waals surface area contributed by atoms with Crippen LogP contribution >= 0.6 is 11.6 Å². The molecule has 2 aromatic carbocycles. The molecule has 3 rings (SSSR count). The number of halogens is 2. The molecule has 0 saturated carbocycles. The van der Waals surface area contributed by atoms with Gasteiger partial charge in [-0.25, -0.2) is 14.2 Å². The number of hydrogen-bond acceptors (Lipinski definition) is 5. The third-order valence-corrected chi connectivity index (χ3v) is 4.94. The van der Waals surface area contributed by atoms with Crippen molar-refractivity contribution in [2.24, 2.45) is 7.05 Å². The molecular weight excluding hydrogens is 449 g/mol. The summed E-state index contributed by atoms with van der Waals surface area (Å²) in [5.41, 5.74) is 0.910. The summed E-state index contributed by atoms with van der Waals surface area (Å²) in [7, 11) is 3.51. The minimum atomic E-state index is -0.747. The molecule has 1 heterocycles. The van der Waals surface area contributed by atoms with Gasteiger partial charge in [0.25, 0.3) is 0 Å². The molecular formula is C24H25ClFN3O4. The van der Waals surface area contributed by atoms with Crippen LogP contribution in [0.2, 0.25) is 5.02 Å². The SMILES string of the molecule is CN(Cc1ncc(-c2ccc(Oc3cc(Cl)cc(F)c3C=O)cc2)n1C)C(=O)OC(C)(C)C.